The van der Waals surface area contributed by atoms with Gasteiger partial charge >= 0.3 is 5.69 Å². The van der Waals surface area contributed by atoms with Crippen molar-refractivity contribution in [3.05, 3.63) is 120 Å². The van der Waals surface area contributed by atoms with Gasteiger partial charge in [0.25, 0.3) is 0 Å². The number of hydrogen-bond acceptors (Lipinski definition) is 3. The SMILES string of the molecule is CCn1c(=O)n(CC)c2cc(-c3ccc(-c4cc(-c5ccccc5)nc(-c5ccccc5)n4)cc3)ccc21. The Labute approximate surface area is 221 Å². The van der Waals surface area contributed by atoms with Crippen molar-refractivity contribution in [1.29, 1.82) is 0 Å². The van der Waals surface area contributed by atoms with Gasteiger partial charge in [0.2, 0.25) is 0 Å². The van der Waals surface area contributed by atoms with E-state index in [-0.39, 0.29) is 5.69 Å². The third kappa shape index (κ3) is 4.22. The Morgan fingerprint density at radius 3 is 1.63 bits per heavy atom. The zero-order chi connectivity index (χ0) is 26.1. The van der Waals surface area contributed by atoms with Gasteiger partial charge in [0.15, 0.2) is 5.82 Å². The highest BCUT2D eigenvalue weighted by molar-refractivity contribution is 5.83. The second kappa shape index (κ2) is 9.94. The zero-order valence-electron chi connectivity index (χ0n) is 21.5. The molecule has 0 aliphatic heterocycles. The van der Waals surface area contributed by atoms with Crippen LogP contribution in [0.1, 0.15) is 13.8 Å². The highest BCUT2D eigenvalue weighted by Gasteiger charge is 2.13. The van der Waals surface area contributed by atoms with Gasteiger partial charge in [0, 0.05) is 29.8 Å². The first-order valence-electron chi connectivity index (χ1n) is 13.0. The van der Waals surface area contributed by atoms with Crippen LogP contribution < -0.4 is 5.69 Å². The Balaban J connectivity index is 1.42. The number of aryl methyl sites for hydroxylation is 2. The van der Waals surface area contributed by atoms with Crippen molar-refractivity contribution in [2.24, 2.45) is 0 Å². The van der Waals surface area contributed by atoms with Crippen LogP contribution in [0.5, 0.6) is 0 Å². The maximum absolute atomic E-state index is 12.8. The summed E-state index contributed by atoms with van der Waals surface area (Å²) in [5.41, 5.74) is 8.99. The first-order valence-corrected chi connectivity index (χ1v) is 13.0. The van der Waals surface area contributed by atoms with E-state index in [0.29, 0.717) is 18.9 Å². The molecule has 6 aromatic rings. The fourth-order valence-electron chi connectivity index (χ4n) is 5.01. The van der Waals surface area contributed by atoms with Gasteiger partial charge in [-0.1, -0.05) is 91.0 Å². The van der Waals surface area contributed by atoms with Crippen LogP contribution >= 0.6 is 0 Å². The Morgan fingerprint density at radius 1 is 0.526 bits per heavy atom. The molecule has 0 atom stereocenters. The number of imidazole rings is 1. The summed E-state index contributed by atoms with van der Waals surface area (Å²) in [5.74, 6) is 0.703. The normalized spacial score (nSPS) is 11.2. The predicted octanol–water partition coefficient (Wildman–Crippen LogP) is 7.30. The molecule has 5 heteroatoms. The maximum Gasteiger partial charge on any atom is 0.329 e. The molecule has 0 saturated carbocycles. The quantitative estimate of drug-likeness (QED) is 0.243. The first kappa shape index (κ1) is 23.6. The van der Waals surface area contributed by atoms with E-state index < -0.39 is 0 Å². The fraction of sp³-hybridized carbons (Fsp3) is 0.121. The van der Waals surface area contributed by atoms with Crippen molar-refractivity contribution >= 4 is 11.0 Å². The number of hydrogen-bond donors (Lipinski definition) is 0. The molecule has 0 N–H and O–H groups in total. The van der Waals surface area contributed by atoms with Crippen molar-refractivity contribution in [3.63, 3.8) is 0 Å². The molecule has 0 aliphatic rings. The lowest BCUT2D eigenvalue weighted by Crippen LogP contribution is -2.22. The third-order valence-electron chi connectivity index (χ3n) is 6.99. The van der Waals surface area contributed by atoms with Crippen molar-refractivity contribution in [2.45, 2.75) is 26.9 Å². The molecule has 0 amide bonds. The lowest BCUT2D eigenvalue weighted by Gasteiger charge is -2.10. The first-order chi connectivity index (χ1) is 18.7. The van der Waals surface area contributed by atoms with E-state index in [0.717, 1.165) is 50.2 Å². The molecule has 6 rings (SSSR count). The van der Waals surface area contributed by atoms with Crippen LogP contribution in [0, 0.1) is 0 Å². The van der Waals surface area contributed by atoms with Crippen LogP contribution in [0.25, 0.3) is 56.1 Å². The molecular formula is C33H28N4O. The van der Waals surface area contributed by atoms with Gasteiger partial charge in [-0.3, -0.25) is 9.13 Å². The second-order valence-corrected chi connectivity index (χ2v) is 9.25. The summed E-state index contributed by atoms with van der Waals surface area (Å²) in [6, 6.07) is 37.1. The minimum absolute atomic E-state index is 0.0460. The lowest BCUT2D eigenvalue weighted by molar-refractivity contribution is 0.671. The van der Waals surface area contributed by atoms with Crippen LogP contribution in [0.3, 0.4) is 0 Å². The van der Waals surface area contributed by atoms with E-state index in [4.69, 9.17) is 9.97 Å². The third-order valence-corrected chi connectivity index (χ3v) is 6.99. The molecule has 0 bridgehead atoms. The van der Waals surface area contributed by atoms with Crippen molar-refractivity contribution in [1.82, 2.24) is 19.1 Å². The van der Waals surface area contributed by atoms with Gasteiger partial charge in [-0.25, -0.2) is 14.8 Å². The standard InChI is InChI=1S/C33H28N4O/c1-3-36-30-20-19-27(21-31(30)37(4-2)33(36)38)23-15-17-25(18-16-23)29-22-28(24-11-7-5-8-12-24)34-32(35-29)26-13-9-6-10-14-26/h5-22H,3-4H2,1-2H3. The summed E-state index contributed by atoms with van der Waals surface area (Å²) in [4.78, 5) is 22.6. The molecule has 4 aromatic carbocycles. The van der Waals surface area contributed by atoms with Gasteiger partial charge in [-0.05, 0) is 43.2 Å². The second-order valence-electron chi connectivity index (χ2n) is 9.25. The molecule has 5 nitrogen and oxygen atoms in total. The fourth-order valence-corrected chi connectivity index (χ4v) is 5.01. The van der Waals surface area contributed by atoms with Gasteiger partial charge in [0.05, 0.1) is 22.4 Å². The van der Waals surface area contributed by atoms with Crippen LogP contribution in [-0.2, 0) is 13.1 Å². The maximum atomic E-state index is 12.8. The predicted molar refractivity (Wildman–Crippen MR) is 155 cm³/mol. The molecule has 2 aromatic heterocycles. The van der Waals surface area contributed by atoms with Crippen LogP contribution in [0.2, 0.25) is 0 Å². The van der Waals surface area contributed by atoms with E-state index in [2.05, 4.69) is 60.7 Å². The molecule has 186 valence electrons. The minimum Gasteiger partial charge on any atom is -0.292 e. The van der Waals surface area contributed by atoms with Crippen LogP contribution in [-0.4, -0.2) is 19.1 Å². The summed E-state index contributed by atoms with van der Waals surface area (Å²) in [7, 11) is 0. The minimum atomic E-state index is 0.0460. The van der Waals surface area contributed by atoms with Gasteiger partial charge in [-0.2, -0.15) is 0 Å². The molecule has 0 aliphatic carbocycles. The van der Waals surface area contributed by atoms with Gasteiger partial charge < -0.3 is 0 Å². The summed E-state index contributed by atoms with van der Waals surface area (Å²) in [5, 5.41) is 0. The largest absolute Gasteiger partial charge is 0.329 e. The Morgan fingerprint density at radius 2 is 1.03 bits per heavy atom. The van der Waals surface area contributed by atoms with Gasteiger partial charge in [-0.15, -0.1) is 0 Å². The molecule has 0 saturated heterocycles. The van der Waals surface area contributed by atoms with Crippen molar-refractivity contribution < 1.29 is 0 Å². The average molecular weight is 497 g/mol. The molecule has 0 fully saturated rings. The smallest absolute Gasteiger partial charge is 0.292 e. The zero-order valence-corrected chi connectivity index (χ0v) is 21.5. The Bertz CT molecular complexity index is 1730. The number of nitrogens with zero attached hydrogens (tertiary/aromatic N) is 4. The number of fused-ring (bicyclic) bond motifs is 1. The van der Waals surface area contributed by atoms with Crippen molar-refractivity contribution in [3.8, 4) is 45.0 Å². The lowest BCUT2D eigenvalue weighted by atomic mass is 10.0. The Hall–Kier alpha value is -4.77. The number of aromatic nitrogens is 4. The van der Waals surface area contributed by atoms with E-state index in [1.54, 1.807) is 0 Å². The number of benzene rings is 4. The van der Waals surface area contributed by atoms with Gasteiger partial charge in [0.1, 0.15) is 0 Å². The molecular weight excluding hydrogens is 468 g/mol. The van der Waals surface area contributed by atoms with E-state index in [1.807, 2.05) is 71.5 Å². The van der Waals surface area contributed by atoms with Crippen LogP contribution in [0.15, 0.2) is 114 Å². The summed E-state index contributed by atoms with van der Waals surface area (Å²) in [6.45, 7) is 5.32. The highest BCUT2D eigenvalue weighted by Crippen LogP contribution is 2.30. The molecule has 2 heterocycles. The van der Waals surface area contributed by atoms with E-state index in [1.165, 1.54) is 0 Å². The van der Waals surface area contributed by atoms with E-state index >= 15 is 0 Å². The monoisotopic (exact) mass is 496 g/mol. The molecule has 38 heavy (non-hydrogen) atoms. The topological polar surface area (TPSA) is 52.7 Å². The van der Waals surface area contributed by atoms with E-state index in [9.17, 15) is 4.79 Å². The summed E-state index contributed by atoms with van der Waals surface area (Å²) < 4.78 is 3.67. The highest BCUT2D eigenvalue weighted by atomic mass is 16.1. The molecule has 0 radical (unpaired) electrons. The van der Waals surface area contributed by atoms with Crippen LogP contribution in [0.4, 0.5) is 0 Å². The molecule has 0 unspecified atom stereocenters. The molecule has 0 spiro atoms. The summed E-state index contributed by atoms with van der Waals surface area (Å²) >= 11 is 0. The van der Waals surface area contributed by atoms with Crippen molar-refractivity contribution in [2.75, 3.05) is 0 Å². The number of rotatable bonds is 6. The average Bonchev–Trinajstić information content (AvgIpc) is 3.27. The Kier molecular flexibility index (Phi) is 6.18. The summed E-state index contributed by atoms with van der Waals surface area (Å²) in [6.07, 6.45) is 0.